The number of hydrogen-bond acceptors (Lipinski definition) is 4. The van der Waals surface area contributed by atoms with E-state index < -0.39 is 10.0 Å². The fourth-order valence-corrected chi connectivity index (χ4v) is 4.89. The molecular formula is C13H19NO3S2. The molecule has 106 valence electrons. The molecule has 0 spiro atoms. The SMILES string of the molecule is O=S(=O)(c1csc(CO)c1)N(CC1CC1)CC1CC1. The van der Waals surface area contributed by atoms with Crippen LogP contribution in [0.2, 0.25) is 0 Å². The quantitative estimate of drug-likeness (QED) is 0.838. The molecule has 2 aliphatic carbocycles. The zero-order valence-corrected chi connectivity index (χ0v) is 12.4. The Kier molecular flexibility index (Phi) is 3.68. The zero-order chi connectivity index (χ0) is 13.5. The van der Waals surface area contributed by atoms with Gasteiger partial charge in [-0.25, -0.2) is 8.42 Å². The van der Waals surface area contributed by atoms with Gasteiger partial charge >= 0.3 is 0 Å². The monoisotopic (exact) mass is 301 g/mol. The second-order valence-corrected chi connectivity index (χ2v) is 8.55. The van der Waals surface area contributed by atoms with Gasteiger partial charge in [0.1, 0.15) is 0 Å². The van der Waals surface area contributed by atoms with Crippen LogP contribution in [-0.2, 0) is 16.6 Å². The minimum absolute atomic E-state index is 0.0918. The molecule has 1 aromatic rings. The molecule has 2 fully saturated rings. The Morgan fingerprint density at radius 3 is 2.21 bits per heavy atom. The molecule has 1 aromatic heterocycles. The summed E-state index contributed by atoms with van der Waals surface area (Å²) in [7, 11) is -3.37. The van der Waals surface area contributed by atoms with Crippen molar-refractivity contribution in [2.45, 2.75) is 37.2 Å². The van der Waals surface area contributed by atoms with E-state index in [4.69, 9.17) is 5.11 Å². The molecule has 2 aliphatic rings. The first-order valence-electron chi connectivity index (χ1n) is 6.78. The molecule has 0 amide bonds. The van der Waals surface area contributed by atoms with Crippen molar-refractivity contribution in [1.29, 1.82) is 0 Å². The molecule has 0 bridgehead atoms. The summed E-state index contributed by atoms with van der Waals surface area (Å²) in [5.41, 5.74) is 0. The molecule has 0 radical (unpaired) electrons. The second-order valence-electron chi connectivity index (χ2n) is 5.62. The van der Waals surface area contributed by atoms with Crippen LogP contribution in [-0.4, -0.2) is 30.9 Å². The van der Waals surface area contributed by atoms with E-state index in [1.54, 1.807) is 15.8 Å². The highest BCUT2D eigenvalue weighted by Gasteiger charge is 2.35. The molecule has 0 unspecified atom stereocenters. The van der Waals surface area contributed by atoms with E-state index in [1.165, 1.54) is 11.3 Å². The van der Waals surface area contributed by atoms with Gasteiger partial charge < -0.3 is 5.11 Å². The Labute approximate surface area is 118 Å². The molecule has 4 nitrogen and oxygen atoms in total. The predicted molar refractivity (Wildman–Crippen MR) is 74.4 cm³/mol. The van der Waals surface area contributed by atoms with Crippen molar-refractivity contribution in [2.75, 3.05) is 13.1 Å². The number of thiophene rings is 1. The van der Waals surface area contributed by atoms with Crippen LogP contribution in [0, 0.1) is 11.8 Å². The van der Waals surface area contributed by atoms with Crippen LogP contribution in [0.5, 0.6) is 0 Å². The molecule has 0 aliphatic heterocycles. The van der Waals surface area contributed by atoms with Crippen LogP contribution < -0.4 is 0 Å². The van der Waals surface area contributed by atoms with Gasteiger partial charge in [0.2, 0.25) is 10.0 Å². The van der Waals surface area contributed by atoms with Gasteiger partial charge in [-0.2, -0.15) is 4.31 Å². The topological polar surface area (TPSA) is 57.6 Å². The molecule has 2 saturated carbocycles. The number of hydrogen-bond donors (Lipinski definition) is 1. The Morgan fingerprint density at radius 1 is 1.21 bits per heavy atom. The first-order valence-corrected chi connectivity index (χ1v) is 9.10. The highest BCUT2D eigenvalue weighted by Crippen LogP contribution is 2.36. The maximum Gasteiger partial charge on any atom is 0.243 e. The van der Waals surface area contributed by atoms with E-state index in [0.717, 1.165) is 25.7 Å². The molecule has 0 atom stereocenters. The molecule has 3 rings (SSSR count). The van der Waals surface area contributed by atoms with Gasteiger partial charge in [0.05, 0.1) is 11.5 Å². The van der Waals surface area contributed by atoms with Crippen LogP contribution in [0.25, 0.3) is 0 Å². The third-order valence-electron chi connectivity index (χ3n) is 3.74. The minimum Gasteiger partial charge on any atom is -0.391 e. The van der Waals surface area contributed by atoms with Crippen molar-refractivity contribution in [2.24, 2.45) is 11.8 Å². The average molecular weight is 301 g/mol. The largest absolute Gasteiger partial charge is 0.391 e. The number of aliphatic hydroxyl groups excluding tert-OH is 1. The van der Waals surface area contributed by atoms with Crippen LogP contribution >= 0.6 is 11.3 Å². The molecule has 19 heavy (non-hydrogen) atoms. The summed E-state index contributed by atoms with van der Waals surface area (Å²) in [6.45, 7) is 1.25. The van der Waals surface area contributed by atoms with Gasteiger partial charge in [0, 0.05) is 23.3 Å². The van der Waals surface area contributed by atoms with Crippen LogP contribution in [0.1, 0.15) is 30.6 Å². The van der Waals surface area contributed by atoms with Crippen molar-refractivity contribution < 1.29 is 13.5 Å². The fourth-order valence-electron chi connectivity index (χ4n) is 2.18. The predicted octanol–water partition coefficient (Wildman–Crippen LogP) is 2.05. The smallest absolute Gasteiger partial charge is 0.243 e. The van der Waals surface area contributed by atoms with Crippen molar-refractivity contribution in [3.8, 4) is 0 Å². The standard InChI is InChI=1S/C13H19NO3S2/c15-8-12-5-13(9-18-12)19(16,17)14(6-10-1-2-10)7-11-3-4-11/h5,9-11,15H,1-4,6-8H2. The molecular weight excluding hydrogens is 282 g/mol. The fraction of sp³-hybridized carbons (Fsp3) is 0.692. The van der Waals surface area contributed by atoms with Crippen LogP contribution in [0.4, 0.5) is 0 Å². The summed E-state index contributed by atoms with van der Waals surface area (Å²) < 4.78 is 27.0. The van der Waals surface area contributed by atoms with Crippen molar-refractivity contribution in [3.63, 3.8) is 0 Å². The summed E-state index contributed by atoms with van der Waals surface area (Å²) in [4.78, 5) is 1.05. The molecule has 1 heterocycles. The van der Waals surface area contributed by atoms with Gasteiger partial charge in [-0.3, -0.25) is 0 Å². The summed E-state index contributed by atoms with van der Waals surface area (Å²) in [5, 5.41) is 10.7. The van der Waals surface area contributed by atoms with Gasteiger partial charge in [0.15, 0.2) is 0 Å². The molecule has 0 aromatic carbocycles. The molecule has 6 heteroatoms. The van der Waals surface area contributed by atoms with E-state index in [2.05, 4.69) is 0 Å². The Morgan fingerprint density at radius 2 is 1.79 bits per heavy atom. The van der Waals surface area contributed by atoms with Crippen molar-refractivity contribution in [3.05, 3.63) is 16.3 Å². The third-order valence-corrected chi connectivity index (χ3v) is 6.62. The normalized spacial score (nSPS) is 20.1. The van der Waals surface area contributed by atoms with Crippen molar-refractivity contribution >= 4 is 21.4 Å². The molecule has 0 saturated heterocycles. The average Bonchev–Trinajstić information content (AvgIpc) is 3.30. The maximum absolute atomic E-state index is 12.6. The van der Waals surface area contributed by atoms with E-state index >= 15 is 0 Å². The summed E-state index contributed by atoms with van der Waals surface area (Å²) in [6.07, 6.45) is 4.62. The van der Waals surface area contributed by atoms with Crippen LogP contribution in [0.3, 0.4) is 0 Å². The number of nitrogens with zero attached hydrogens (tertiary/aromatic N) is 1. The van der Waals surface area contributed by atoms with Crippen molar-refractivity contribution in [1.82, 2.24) is 4.31 Å². The van der Waals surface area contributed by atoms with E-state index in [9.17, 15) is 8.42 Å². The van der Waals surface area contributed by atoms with Gasteiger partial charge in [-0.15, -0.1) is 11.3 Å². The second kappa shape index (κ2) is 5.16. The summed E-state index contributed by atoms with van der Waals surface area (Å²) >= 11 is 1.31. The van der Waals surface area contributed by atoms with Gasteiger partial charge in [0.25, 0.3) is 0 Å². The lowest BCUT2D eigenvalue weighted by Crippen LogP contribution is -2.34. The lowest BCUT2D eigenvalue weighted by atomic mass is 10.4. The van der Waals surface area contributed by atoms with Crippen LogP contribution in [0.15, 0.2) is 16.3 Å². The van der Waals surface area contributed by atoms with E-state index in [-0.39, 0.29) is 6.61 Å². The molecule has 1 N–H and O–H groups in total. The first-order chi connectivity index (χ1) is 9.09. The van der Waals surface area contributed by atoms with Gasteiger partial charge in [-0.1, -0.05) is 0 Å². The van der Waals surface area contributed by atoms with E-state index in [1.807, 2.05) is 0 Å². The minimum atomic E-state index is -3.37. The Balaban J connectivity index is 1.80. The summed E-state index contributed by atoms with van der Waals surface area (Å²) in [6, 6.07) is 1.60. The zero-order valence-electron chi connectivity index (χ0n) is 10.8. The Bertz CT molecular complexity index is 530. The lowest BCUT2D eigenvalue weighted by molar-refractivity contribution is 0.285. The highest BCUT2D eigenvalue weighted by atomic mass is 32.2. The van der Waals surface area contributed by atoms with E-state index in [0.29, 0.717) is 34.7 Å². The number of rotatable bonds is 7. The third kappa shape index (κ3) is 3.18. The number of aliphatic hydroxyl groups is 1. The highest BCUT2D eigenvalue weighted by molar-refractivity contribution is 7.89. The number of sulfonamides is 1. The lowest BCUT2D eigenvalue weighted by Gasteiger charge is -2.21. The maximum atomic E-state index is 12.6. The Hall–Kier alpha value is -0.430. The summed E-state index contributed by atoms with van der Waals surface area (Å²) in [5.74, 6) is 1.12. The first kappa shape index (κ1) is 13.5. The van der Waals surface area contributed by atoms with Gasteiger partial charge in [-0.05, 0) is 43.6 Å².